The Balaban J connectivity index is 2.20. The van der Waals surface area contributed by atoms with Crippen LogP contribution < -0.4 is 9.61 Å². The highest BCUT2D eigenvalue weighted by molar-refractivity contribution is 7.07. The second kappa shape index (κ2) is 4.97. The second-order valence-electron chi connectivity index (χ2n) is 3.45. The minimum Gasteiger partial charge on any atom is -0.497 e. The molecular formula is C12H11NO3S. The number of Topliss-reactive ketones (excluding diaryl/α,β-unsaturated/α-hetero) is 1. The maximum Gasteiger partial charge on any atom is 0.307 e. The lowest BCUT2D eigenvalue weighted by Crippen LogP contribution is -2.18. The highest BCUT2D eigenvalue weighted by Gasteiger charge is 2.08. The summed E-state index contributed by atoms with van der Waals surface area (Å²) in [6.07, 6.45) is 1.62. The number of ketones is 1. The van der Waals surface area contributed by atoms with Crippen molar-refractivity contribution in [2.24, 2.45) is 0 Å². The van der Waals surface area contributed by atoms with Gasteiger partial charge in [0.25, 0.3) is 0 Å². The van der Waals surface area contributed by atoms with E-state index in [-0.39, 0.29) is 17.2 Å². The standard InChI is InChI=1S/C12H11NO3S/c1-16-10-4-2-3-9(7-10)11(14)8-13-5-6-17-12(13)15/h2-7H,8H2,1H3. The van der Waals surface area contributed by atoms with E-state index in [1.54, 1.807) is 43.0 Å². The Labute approximate surface area is 102 Å². The summed E-state index contributed by atoms with van der Waals surface area (Å²) < 4.78 is 6.44. The van der Waals surface area contributed by atoms with Crippen molar-refractivity contribution in [3.63, 3.8) is 0 Å². The molecule has 0 radical (unpaired) electrons. The molecule has 0 fully saturated rings. The number of nitrogens with zero attached hydrogens (tertiary/aromatic N) is 1. The van der Waals surface area contributed by atoms with Gasteiger partial charge in [-0.2, -0.15) is 0 Å². The molecule has 0 atom stereocenters. The minimum atomic E-state index is -0.124. The van der Waals surface area contributed by atoms with Crippen LogP contribution >= 0.6 is 11.3 Å². The predicted octanol–water partition coefficient (Wildman–Crippen LogP) is 1.80. The zero-order valence-electron chi connectivity index (χ0n) is 9.25. The van der Waals surface area contributed by atoms with Crippen LogP contribution in [0.1, 0.15) is 10.4 Å². The lowest BCUT2D eigenvalue weighted by Gasteiger charge is -2.04. The average molecular weight is 249 g/mol. The Kier molecular flexibility index (Phi) is 3.39. The molecule has 0 aliphatic carbocycles. The molecule has 0 aliphatic heterocycles. The molecule has 0 amide bonds. The number of carbonyl (C=O) groups is 1. The first-order valence-electron chi connectivity index (χ1n) is 5.02. The van der Waals surface area contributed by atoms with E-state index in [1.807, 2.05) is 0 Å². The van der Waals surface area contributed by atoms with Crippen molar-refractivity contribution in [1.82, 2.24) is 4.57 Å². The zero-order valence-corrected chi connectivity index (χ0v) is 10.1. The SMILES string of the molecule is COc1cccc(C(=O)Cn2ccsc2=O)c1. The Morgan fingerprint density at radius 2 is 2.29 bits per heavy atom. The smallest absolute Gasteiger partial charge is 0.307 e. The second-order valence-corrected chi connectivity index (χ2v) is 4.31. The van der Waals surface area contributed by atoms with Gasteiger partial charge in [0.1, 0.15) is 5.75 Å². The van der Waals surface area contributed by atoms with E-state index >= 15 is 0 Å². The number of benzene rings is 1. The maximum absolute atomic E-state index is 11.9. The summed E-state index contributed by atoms with van der Waals surface area (Å²) in [5, 5.41) is 1.67. The van der Waals surface area contributed by atoms with Crippen molar-refractivity contribution >= 4 is 17.1 Å². The Bertz CT molecular complexity index is 585. The van der Waals surface area contributed by atoms with Crippen LogP contribution in [0, 0.1) is 0 Å². The molecule has 0 aliphatic rings. The molecule has 0 N–H and O–H groups in total. The van der Waals surface area contributed by atoms with Gasteiger partial charge in [-0.3, -0.25) is 14.2 Å². The summed E-state index contributed by atoms with van der Waals surface area (Å²) in [5.41, 5.74) is 0.544. The normalized spacial score (nSPS) is 10.2. The molecule has 1 aromatic carbocycles. The monoisotopic (exact) mass is 249 g/mol. The van der Waals surface area contributed by atoms with Gasteiger partial charge >= 0.3 is 4.87 Å². The molecule has 1 heterocycles. The van der Waals surface area contributed by atoms with E-state index in [0.29, 0.717) is 11.3 Å². The molecule has 0 unspecified atom stereocenters. The van der Waals surface area contributed by atoms with Gasteiger partial charge in [-0.05, 0) is 12.1 Å². The third-order valence-corrected chi connectivity index (χ3v) is 3.04. The molecule has 5 heteroatoms. The van der Waals surface area contributed by atoms with Crippen molar-refractivity contribution in [1.29, 1.82) is 0 Å². The summed E-state index contributed by atoms with van der Waals surface area (Å²) in [6.45, 7) is 0.0650. The van der Waals surface area contributed by atoms with E-state index in [0.717, 1.165) is 11.3 Å². The van der Waals surface area contributed by atoms with Crippen molar-refractivity contribution < 1.29 is 9.53 Å². The zero-order chi connectivity index (χ0) is 12.3. The number of carbonyl (C=O) groups excluding carboxylic acids is 1. The summed E-state index contributed by atoms with van der Waals surface area (Å²) in [7, 11) is 1.55. The summed E-state index contributed by atoms with van der Waals surface area (Å²) in [6, 6.07) is 6.90. The van der Waals surface area contributed by atoms with Crippen LogP contribution in [0.25, 0.3) is 0 Å². The number of thiazole rings is 1. The molecule has 4 nitrogen and oxygen atoms in total. The number of aromatic nitrogens is 1. The van der Waals surface area contributed by atoms with Gasteiger partial charge in [0.05, 0.1) is 13.7 Å². The first-order chi connectivity index (χ1) is 8.20. The number of ether oxygens (including phenoxy) is 1. The Morgan fingerprint density at radius 1 is 1.47 bits per heavy atom. The Hall–Kier alpha value is -1.88. The quantitative estimate of drug-likeness (QED) is 0.776. The number of hydrogen-bond acceptors (Lipinski definition) is 4. The van der Waals surface area contributed by atoms with Gasteiger partial charge in [0.2, 0.25) is 0 Å². The van der Waals surface area contributed by atoms with Crippen molar-refractivity contribution in [3.05, 3.63) is 51.1 Å². The van der Waals surface area contributed by atoms with Crippen LogP contribution in [0.15, 0.2) is 40.6 Å². The van der Waals surface area contributed by atoms with Gasteiger partial charge < -0.3 is 4.74 Å². The summed E-state index contributed by atoms with van der Waals surface area (Å²) in [5.74, 6) is 0.526. The summed E-state index contributed by atoms with van der Waals surface area (Å²) in [4.78, 5) is 23.1. The van der Waals surface area contributed by atoms with E-state index in [1.165, 1.54) is 4.57 Å². The lowest BCUT2D eigenvalue weighted by atomic mass is 10.1. The van der Waals surface area contributed by atoms with Crippen LogP contribution in [0.4, 0.5) is 0 Å². The molecule has 0 spiro atoms. The van der Waals surface area contributed by atoms with Crippen LogP contribution in [0.2, 0.25) is 0 Å². The largest absolute Gasteiger partial charge is 0.497 e. The number of hydrogen-bond donors (Lipinski definition) is 0. The molecule has 2 aromatic rings. The number of methoxy groups -OCH3 is 1. The highest BCUT2D eigenvalue weighted by Crippen LogP contribution is 2.13. The third-order valence-electron chi connectivity index (χ3n) is 2.35. The highest BCUT2D eigenvalue weighted by atomic mass is 32.1. The van der Waals surface area contributed by atoms with E-state index in [4.69, 9.17) is 4.74 Å². The molecule has 0 saturated heterocycles. The fourth-order valence-corrected chi connectivity index (χ4v) is 2.04. The minimum absolute atomic E-state index is 0.0650. The molecule has 17 heavy (non-hydrogen) atoms. The van der Waals surface area contributed by atoms with Crippen molar-refractivity contribution in [3.8, 4) is 5.75 Å². The molecule has 88 valence electrons. The van der Waals surface area contributed by atoms with Crippen LogP contribution in [-0.2, 0) is 6.54 Å². The summed E-state index contributed by atoms with van der Waals surface area (Å²) >= 11 is 1.08. The van der Waals surface area contributed by atoms with Crippen molar-refractivity contribution in [2.75, 3.05) is 7.11 Å². The van der Waals surface area contributed by atoms with Crippen molar-refractivity contribution in [2.45, 2.75) is 6.54 Å². The van der Waals surface area contributed by atoms with Gasteiger partial charge in [-0.1, -0.05) is 23.5 Å². The molecule has 2 rings (SSSR count). The van der Waals surface area contributed by atoms with Gasteiger partial charge in [0.15, 0.2) is 5.78 Å². The maximum atomic E-state index is 11.9. The van der Waals surface area contributed by atoms with E-state index < -0.39 is 0 Å². The number of rotatable bonds is 4. The molecule has 0 saturated carbocycles. The fourth-order valence-electron chi connectivity index (χ4n) is 1.45. The molecule has 1 aromatic heterocycles. The first kappa shape index (κ1) is 11.6. The van der Waals surface area contributed by atoms with E-state index in [2.05, 4.69) is 0 Å². The van der Waals surface area contributed by atoms with E-state index in [9.17, 15) is 9.59 Å². The fraction of sp³-hybridized carbons (Fsp3) is 0.167. The molecular weight excluding hydrogens is 238 g/mol. The lowest BCUT2D eigenvalue weighted by molar-refractivity contribution is 0.0971. The van der Waals surface area contributed by atoms with Gasteiger partial charge in [0, 0.05) is 17.1 Å². The first-order valence-corrected chi connectivity index (χ1v) is 5.90. The molecule has 0 bridgehead atoms. The van der Waals surface area contributed by atoms with Crippen LogP contribution in [0.5, 0.6) is 5.75 Å². The third kappa shape index (κ3) is 2.62. The van der Waals surface area contributed by atoms with Gasteiger partial charge in [-0.15, -0.1) is 0 Å². The topological polar surface area (TPSA) is 48.3 Å². The van der Waals surface area contributed by atoms with Crippen LogP contribution in [-0.4, -0.2) is 17.5 Å². The predicted molar refractivity (Wildman–Crippen MR) is 65.9 cm³/mol. The average Bonchev–Trinajstić information content (AvgIpc) is 2.75. The van der Waals surface area contributed by atoms with Crippen LogP contribution in [0.3, 0.4) is 0 Å². The van der Waals surface area contributed by atoms with Gasteiger partial charge in [-0.25, -0.2) is 0 Å². The Morgan fingerprint density at radius 3 is 2.94 bits per heavy atom.